The van der Waals surface area contributed by atoms with Crippen LogP contribution >= 0.6 is 0 Å². The Morgan fingerprint density at radius 1 is 0.974 bits per heavy atom. The fourth-order valence-corrected chi connectivity index (χ4v) is 6.90. The second-order valence-corrected chi connectivity index (χ2v) is 12.6. The van der Waals surface area contributed by atoms with Gasteiger partial charge in [-0.05, 0) is 60.6 Å². The molecule has 1 aromatic heterocycles. The minimum atomic E-state index is -3.40. The summed E-state index contributed by atoms with van der Waals surface area (Å²) >= 11 is 0. The first kappa shape index (κ1) is 26.9. The van der Waals surface area contributed by atoms with Crippen LogP contribution in [0.15, 0.2) is 79.1 Å². The quantitative estimate of drug-likeness (QED) is 0.451. The Bertz CT molecular complexity index is 1420. The van der Waals surface area contributed by atoms with Crippen LogP contribution in [0.3, 0.4) is 0 Å². The Labute approximate surface area is 229 Å². The summed E-state index contributed by atoms with van der Waals surface area (Å²) < 4.78 is 26.5. The van der Waals surface area contributed by atoms with E-state index >= 15 is 0 Å². The van der Waals surface area contributed by atoms with E-state index in [1.54, 1.807) is 12.4 Å². The number of carbonyl (C=O) groups excluding carboxylic acids is 2. The summed E-state index contributed by atoms with van der Waals surface area (Å²) in [6.07, 6.45) is 7.64. The van der Waals surface area contributed by atoms with E-state index in [1.165, 1.54) is 10.6 Å². The van der Waals surface area contributed by atoms with Crippen molar-refractivity contribution >= 4 is 27.5 Å². The molecule has 39 heavy (non-hydrogen) atoms. The fraction of sp³-hybridized carbons (Fsp3) is 0.367. The van der Waals surface area contributed by atoms with Crippen LogP contribution in [0.2, 0.25) is 0 Å². The summed E-state index contributed by atoms with van der Waals surface area (Å²) in [6.45, 7) is 0.788. The lowest BCUT2D eigenvalue weighted by Crippen LogP contribution is -2.50. The zero-order valence-corrected chi connectivity index (χ0v) is 22.9. The summed E-state index contributed by atoms with van der Waals surface area (Å²) in [5, 5.41) is 5.99. The van der Waals surface area contributed by atoms with Crippen molar-refractivity contribution in [3.63, 3.8) is 0 Å². The molecule has 204 valence electrons. The Morgan fingerprint density at radius 3 is 2.33 bits per heavy atom. The molecular formula is C30H34N4O4S. The number of benzene rings is 2. The van der Waals surface area contributed by atoms with Gasteiger partial charge in [0.2, 0.25) is 21.8 Å². The van der Waals surface area contributed by atoms with Gasteiger partial charge in [-0.2, -0.15) is 0 Å². The zero-order chi connectivity index (χ0) is 27.5. The number of carbonyl (C=O) groups is 2. The molecule has 1 saturated carbocycles. The van der Waals surface area contributed by atoms with Gasteiger partial charge in [0.05, 0.1) is 11.9 Å². The van der Waals surface area contributed by atoms with Crippen LogP contribution in [-0.4, -0.2) is 44.1 Å². The predicted molar refractivity (Wildman–Crippen MR) is 150 cm³/mol. The van der Waals surface area contributed by atoms with Gasteiger partial charge in [0.1, 0.15) is 6.04 Å². The van der Waals surface area contributed by atoms with Gasteiger partial charge in [-0.25, -0.2) is 8.42 Å². The highest BCUT2D eigenvalue weighted by molar-refractivity contribution is 7.92. The molecular weight excluding hydrogens is 512 g/mol. The number of rotatable bonds is 8. The molecule has 2 aliphatic rings. The third kappa shape index (κ3) is 5.98. The lowest BCUT2D eigenvalue weighted by atomic mass is 9.67. The van der Waals surface area contributed by atoms with E-state index in [2.05, 4.69) is 15.6 Å². The monoisotopic (exact) mass is 546 g/mol. The molecule has 5 rings (SSSR count). The molecule has 1 aliphatic heterocycles. The summed E-state index contributed by atoms with van der Waals surface area (Å²) in [5.41, 5.74) is 3.40. The van der Waals surface area contributed by atoms with E-state index in [-0.39, 0.29) is 23.1 Å². The highest BCUT2D eigenvalue weighted by Gasteiger charge is 2.48. The van der Waals surface area contributed by atoms with Crippen molar-refractivity contribution in [2.24, 2.45) is 5.92 Å². The molecule has 1 fully saturated rings. The summed E-state index contributed by atoms with van der Waals surface area (Å²) in [5.74, 6) is -0.605. The average molecular weight is 547 g/mol. The average Bonchev–Trinajstić information content (AvgIpc) is 3.27. The maximum Gasteiger partial charge on any atom is 0.243 e. The lowest BCUT2D eigenvalue weighted by molar-refractivity contribution is -0.132. The predicted octanol–water partition coefficient (Wildman–Crippen LogP) is 3.33. The second-order valence-electron chi connectivity index (χ2n) is 10.7. The highest BCUT2D eigenvalue weighted by Crippen LogP contribution is 2.50. The normalized spacial score (nSPS) is 21.3. The van der Waals surface area contributed by atoms with E-state index in [4.69, 9.17) is 0 Å². The fourth-order valence-electron chi connectivity index (χ4n) is 5.90. The van der Waals surface area contributed by atoms with Crippen LogP contribution in [0.5, 0.6) is 0 Å². The minimum absolute atomic E-state index is 0.134. The van der Waals surface area contributed by atoms with Gasteiger partial charge in [0, 0.05) is 43.2 Å². The van der Waals surface area contributed by atoms with Crippen LogP contribution in [0.25, 0.3) is 0 Å². The topological polar surface area (TPSA) is 108 Å². The first-order valence-corrected chi connectivity index (χ1v) is 15.2. The molecule has 0 bridgehead atoms. The van der Waals surface area contributed by atoms with Crippen LogP contribution in [0, 0.1) is 5.92 Å². The van der Waals surface area contributed by atoms with E-state index < -0.39 is 16.1 Å². The lowest BCUT2D eigenvalue weighted by Gasteiger charge is -2.37. The van der Waals surface area contributed by atoms with E-state index in [0.29, 0.717) is 45.2 Å². The van der Waals surface area contributed by atoms with Crippen molar-refractivity contribution < 1.29 is 18.0 Å². The number of fused-ring (bicyclic) bond motifs is 2. The van der Waals surface area contributed by atoms with Crippen LogP contribution in [0.4, 0.5) is 5.69 Å². The third-order valence-corrected chi connectivity index (χ3v) is 9.16. The maximum atomic E-state index is 13.4. The van der Waals surface area contributed by atoms with E-state index in [1.807, 2.05) is 66.7 Å². The number of anilines is 1. The van der Waals surface area contributed by atoms with Gasteiger partial charge in [0.15, 0.2) is 0 Å². The van der Waals surface area contributed by atoms with E-state index in [9.17, 15) is 18.0 Å². The molecule has 2 N–H and O–H groups in total. The van der Waals surface area contributed by atoms with E-state index in [0.717, 1.165) is 22.4 Å². The van der Waals surface area contributed by atoms with Crippen LogP contribution in [-0.2, 0) is 38.0 Å². The van der Waals surface area contributed by atoms with Gasteiger partial charge >= 0.3 is 0 Å². The van der Waals surface area contributed by atoms with Gasteiger partial charge in [-0.15, -0.1) is 0 Å². The van der Waals surface area contributed by atoms with Crippen molar-refractivity contribution in [1.82, 2.24) is 15.6 Å². The Kier molecular flexibility index (Phi) is 7.70. The maximum absolute atomic E-state index is 13.4. The largest absolute Gasteiger partial charge is 0.350 e. The molecule has 2 amide bonds. The Morgan fingerprint density at radius 2 is 1.64 bits per heavy atom. The molecule has 2 heterocycles. The first-order chi connectivity index (χ1) is 18.7. The van der Waals surface area contributed by atoms with Crippen LogP contribution < -0.4 is 14.9 Å². The summed E-state index contributed by atoms with van der Waals surface area (Å²) in [4.78, 5) is 30.7. The molecule has 1 atom stereocenters. The number of nitrogens with one attached hydrogen (secondary N) is 2. The highest BCUT2D eigenvalue weighted by atomic mass is 32.2. The minimum Gasteiger partial charge on any atom is -0.350 e. The zero-order valence-electron chi connectivity index (χ0n) is 22.0. The summed E-state index contributed by atoms with van der Waals surface area (Å²) in [6, 6.07) is 20.3. The van der Waals surface area contributed by atoms with Gasteiger partial charge in [-0.1, -0.05) is 48.5 Å². The number of nitrogens with zero attached hydrogens (tertiary/aromatic N) is 2. The Hall–Kier alpha value is -3.72. The molecule has 3 aromatic rings. The molecule has 1 spiro atoms. The molecule has 2 aromatic carbocycles. The first-order valence-electron chi connectivity index (χ1n) is 13.3. The number of para-hydroxylation sites is 1. The number of sulfonamides is 1. The molecule has 0 saturated heterocycles. The Balaban J connectivity index is 1.26. The SMILES string of the molecule is CS(=O)(=O)N1CC2(CCC(C(=O)NC(Cc3ccncc3)C(=O)NCc3ccccc3)CC2)c2ccccc21. The standard InChI is InChI=1S/C30H34N4O4S/c1-39(37,38)34-21-30(25-9-5-6-10-27(25)34)15-11-24(12-16-30)28(35)33-26(19-22-13-17-31-18-14-22)29(36)32-20-23-7-3-2-4-8-23/h2-10,13-14,17-18,24,26H,11-12,15-16,19-21H2,1H3,(H,32,36)(H,33,35). The van der Waals surface area contributed by atoms with Crippen molar-refractivity contribution in [1.29, 1.82) is 0 Å². The number of hydrogen-bond acceptors (Lipinski definition) is 5. The number of amides is 2. The van der Waals surface area contributed by atoms with Crippen molar-refractivity contribution in [3.05, 3.63) is 95.8 Å². The number of hydrogen-bond donors (Lipinski definition) is 2. The summed E-state index contributed by atoms with van der Waals surface area (Å²) in [7, 11) is -3.40. The molecule has 8 nitrogen and oxygen atoms in total. The third-order valence-electron chi connectivity index (χ3n) is 8.04. The number of pyridine rings is 1. The van der Waals surface area contributed by atoms with Gasteiger partial charge < -0.3 is 10.6 Å². The molecule has 9 heteroatoms. The second kappa shape index (κ2) is 11.2. The number of aromatic nitrogens is 1. The smallest absolute Gasteiger partial charge is 0.243 e. The molecule has 1 unspecified atom stereocenters. The van der Waals surface area contributed by atoms with Crippen molar-refractivity contribution in [3.8, 4) is 0 Å². The van der Waals surface area contributed by atoms with Gasteiger partial charge in [0.25, 0.3) is 0 Å². The van der Waals surface area contributed by atoms with Crippen molar-refractivity contribution in [2.45, 2.75) is 50.1 Å². The van der Waals surface area contributed by atoms with Crippen molar-refractivity contribution in [2.75, 3.05) is 17.1 Å². The van der Waals surface area contributed by atoms with Gasteiger partial charge in [-0.3, -0.25) is 18.9 Å². The van der Waals surface area contributed by atoms with Crippen LogP contribution in [0.1, 0.15) is 42.4 Å². The molecule has 0 radical (unpaired) electrons. The molecule has 1 aliphatic carbocycles.